The molecule has 0 aliphatic carbocycles. The fourth-order valence-electron chi connectivity index (χ4n) is 2.31. The molecule has 0 bridgehead atoms. The Balaban J connectivity index is 1.63. The number of piperidine rings is 1. The van der Waals surface area contributed by atoms with E-state index in [1.807, 2.05) is 4.90 Å². The second-order valence-electron chi connectivity index (χ2n) is 4.80. The van der Waals surface area contributed by atoms with Crippen LogP contribution in [-0.4, -0.2) is 72.9 Å². The molecule has 2 rings (SSSR count). The highest BCUT2D eigenvalue weighted by molar-refractivity contribution is 5.78. The summed E-state index contributed by atoms with van der Waals surface area (Å²) in [6.45, 7) is 4.81. The second kappa shape index (κ2) is 6.33. The van der Waals surface area contributed by atoms with Crippen molar-refractivity contribution in [3.63, 3.8) is 0 Å². The van der Waals surface area contributed by atoms with E-state index in [0.29, 0.717) is 13.2 Å². The zero-order valence-electron chi connectivity index (χ0n) is 10.3. The van der Waals surface area contributed by atoms with Gasteiger partial charge >= 0.3 is 0 Å². The quantitative estimate of drug-likeness (QED) is 0.718. The lowest BCUT2D eigenvalue weighted by molar-refractivity contribution is -0.136. The summed E-state index contributed by atoms with van der Waals surface area (Å²) in [5.41, 5.74) is 0. The van der Waals surface area contributed by atoms with E-state index in [4.69, 9.17) is 9.84 Å². The van der Waals surface area contributed by atoms with Gasteiger partial charge in [0, 0.05) is 26.2 Å². The number of amides is 1. The summed E-state index contributed by atoms with van der Waals surface area (Å²) in [5.74, 6) is 0.269. The maximum absolute atomic E-state index is 11.8. The van der Waals surface area contributed by atoms with E-state index in [1.165, 1.54) is 0 Å². The summed E-state index contributed by atoms with van der Waals surface area (Å²) in [7, 11) is 0. The average Bonchev–Trinajstić information content (AvgIpc) is 2.26. The van der Waals surface area contributed by atoms with E-state index in [0.717, 1.165) is 45.4 Å². The first-order valence-electron chi connectivity index (χ1n) is 6.52. The predicted molar refractivity (Wildman–Crippen MR) is 63.7 cm³/mol. The summed E-state index contributed by atoms with van der Waals surface area (Å²) >= 11 is 0. The molecule has 5 nitrogen and oxygen atoms in total. The van der Waals surface area contributed by atoms with Gasteiger partial charge in [0.15, 0.2) is 0 Å². The monoisotopic (exact) mass is 242 g/mol. The minimum absolute atomic E-state index is 0.0909. The molecule has 1 N–H and O–H groups in total. The summed E-state index contributed by atoms with van der Waals surface area (Å²) in [4.78, 5) is 15.9. The van der Waals surface area contributed by atoms with E-state index >= 15 is 0 Å². The van der Waals surface area contributed by atoms with Gasteiger partial charge in [0.1, 0.15) is 0 Å². The largest absolute Gasteiger partial charge is 0.394 e. The van der Waals surface area contributed by atoms with Crippen molar-refractivity contribution in [3.8, 4) is 0 Å². The number of aliphatic hydroxyl groups is 1. The van der Waals surface area contributed by atoms with Crippen molar-refractivity contribution in [3.05, 3.63) is 0 Å². The molecule has 2 heterocycles. The van der Waals surface area contributed by atoms with Gasteiger partial charge in [-0.15, -0.1) is 0 Å². The van der Waals surface area contributed by atoms with Crippen molar-refractivity contribution in [2.24, 2.45) is 0 Å². The summed E-state index contributed by atoms with van der Waals surface area (Å²) in [6.07, 6.45) is 3.35. The van der Waals surface area contributed by atoms with Crippen molar-refractivity contribution in [1.82, 2.24) is 9.80 Å². The highest BCUT2D eigenvalue weighted by atomic mass is 16.5. The van der Waals surface area contributed by atoms with Gasteiger partial charge in [0.2, 0.25) is 5.91 Å². The SMILES string of the molecule is O=C(CN1CCC(OCCO)CC1)N1CCC1. The Hall–Kier alpha value is -0.650. The van der Waals surface area contributed by atoms with Gasteiger partial charge in [0.05, 0.1) is 25.9 Å². The molecular formula is C12H22N2O3. The predicted octanol–water partition coefficient (Wildman–Crippen LogP) is -0.308. The first-order valence-corrected chi connectivity index (χ1v) is 6.52. The van der Waals surface area contributed by atoms with Crippen LogP contribution in [0.4, 0.5) is 0 Å². The minimum Gasteiger partial charge on any atom is -0.394 e. The number of hydrogen-bond donors (Lipinski definition) is 1. The number of rotatable bonds is 5. The van der Waals surface area contributed by atoms with Gasteiger partial charge in [-0.25, -0.2) is 0 Å². The van der Waals surface area contributed by atoms with E-state index in [-0.39, 0.29) is 18.6 Å². The lowest BCUT2D eigenvalue weighted by Crippen LogP contribution is -2.49. The molecule has 2 aliphatic rings. The fourth-order valence-corrected chi connectivity index (χ4v) is 2.31. The molecule has 0 aromatic heterocycles. The molecule has 0 aromatic rings. The van der Waals surface area contributed by atoms with Gasteiger partial charge in [-0.05, 0) is 19.3 Å². The van der Waals surface area contributed by atoms with Crippen LogP contribution in [0, 0.1) is 0 Å². The van der Waals surface area contributed by atoms with Gasteiger partial charge in [-0.2, -0.15) is 0 Å². The highest BCUT2D eigenvalue weighted by Gasteiger charge is 2.25. The van der Waals surface area contributed by atoms with E-state index in [2.05, 4.69) is 4.90 Å². The van der Waals surface area contributed by atoms with E-state index in [1.54, 1.807) is 0 Å². The molecule has 1 amide bonds. The first-order chi connectivity index (χ1) is 8.29. The maximum atomic E-state index is 11.8. The third-order valence-electron chi connectivity index (χ3n) is 3.55. The Morgan fingerprint density at radius 3 is 2.47 bits per heavy atom. The third kappa shape index (κ3) is 3.66. The number of aliphatic hydroxyl groups excluding tert-OH is 1. The van der Waals surface area contributed by atoms with Crippen LogP contribution in [-0.2, 0) is 9.53 Å². The van der Waals surface area contributed by atoms with Crippen LogP contribution in [0.25, 0.3) is 0 Å². The molecule has 0 radical (unpaired) electrons. The summed E-state index contributed by atoms with van der Waals surface area (Å²) < 4.78 is 5.49. The van der Waals surface area contributed by atoms with Crippen molar-refractivity contribution >= 4 is 5.91 Å². The van der Waals surface area contributed by atoms with Crippen molar-refractivity contribution in [1.29, 1.82) is 0 Å². The van der Waals surface area contributed by atoms with Crippen LogP contribution in [0.3, 0.4) is 0 Å². The van der Waals surface area contributed by atoms with Crippen LogP contribution in [0.2, 0.25) is 0 Å². The minimum atomic E-state index is 0.0909. The Morgan fingerprint density at radius 2 is 1.94 bits per heavy atom. The van der Waals surface area contributed by atoms with Crippen molar-refractivity contribution in [2.75, 3.05) is 45.9 Å². The Bertz CT molecular complexity index is 248. The second-order valence-corrected chi connectivity index (χ2v) is 4.80. The van der Waals surface area contributed by atoms with Crippen molar-refractivity contribution < 1.29 is 14.6 Å². The molecule has 0 atom stereocenters. The van der Waals surface area contributed by atoms with Gasteiger partial charge < -0.3 is 14.7 Å². The molecule has 0 unspecified atom stereocenters. The first kappa shape index (κ1) is 12.8. The van der Waals surface area contributed by atoms with Gasteiger partial charge in [-0.1, -0.05) is 0 Å². The molecule has 0 aromatic carbocycles. The van der Waals surface area contributed by atoms with Crippen LogP contribution in [0.5, 0.6) is 0 Å². The standard InChI is InChI=1S/C12H22N2O3/c15-8-9-17-11-2-6-13(7-3-11)10-12(16)14-4-1-5-14/h11,15H,1-10H2. The van der Waals surface area contributed by atoms with Gasteiger partial charge in [0.25, 0.3) is 0 Å². The molecule has 0 saturated carbocycles. The molecule has 98 valence electrons. The molecule has 5 heteroatoms. The Kier molecular flexibility index (Phi) is 4.76. The Labute approximate surface area is 102 Å². The lowest BCUT2D eigenvalue weighted by Gasteiger charge is -2.35. The Morgan fingerprint density at radius 1 is 1.24 bits per heavy atom. The average molecular weight is 242 g/mol. The fraction of sp³-hybridized carbons (Fsp3) is 0.917. The van der Waals surface area contributed by atoms with Crippen molar-refractivity contribution in [2.45, 2.75) is 25.4 Å². The van der Waals surface area contributed by atoms with E-state index < -0.39 is 0 Å². The maximum Gasteiger partial charge on any atom is 0.236 e. The molecule has 2 saturated heterocycles. The van der Waals surface area contributed by atoms with Crippen LogP contribution in [0.15, 0.2) is 0 Å². The molecular weight excluding hydrogens is 220 g/mol. The number of nitrogens with zero attached hydrogens (tertiary/aromatic N) is 2. The smallest absolute Gasteiger partial charge is 0.236 e. The summed E-state index contributed by atoms with van der Waals surface area (Å²) in [5, 5.41) is 8.68. The van der Waals surface area contributed by atoms with Crippen LogP contribution < -0.4 is 0 Å². The van der Waals surface area contributed by atoms with Crippen LogP contribution >= 0.6 is 0 Å². The van der Waals surface area contributed by atoms with Gasteiger partial charge in [-0.3, -0.25) is 9.69 Å². The number of ether oxygens (including phenoxy) is 1. The number of likely N-dealkylation sites (tertiary alicyclic amines) is 2. The zero-order valence-corrected chi connectivity index (χ0v) is 10.3. The zero-order chi connectivity index (χ0) is 12.1. The third-order valence-corrected chi connectivity index (χ3v) is 3.55. The molecule has 17 heavy (non-hydrogen) atoms. The highest BCUT2D eigenvalue weighted by Crippen LogP contribution is 2.14. The summed E-state index contributed by atoms with van der Waals surface area (Å²) in [6, 6.07) is 0. The lowest BCUT2D eigenvalue weighted by atomic mass is 10.1. The molecule has 2 fully saturated rings. The van der Waals surface area contributed by atoms with E-state index in [9.17, 15) is 4.79 Å². The number of carbonyl (C=O) groups is 1. The normalized spacial score (nSPS) is 22.5. The topological polar surface area (TPSA) is 53.0 Å². The number of carbonyl (C=O) groups excluding carboxylic acids is 1. The van der Waals surface area contributed by atoms with Crippen LogP contribution in [0.1, 0.15) is 19.3 Å². The molecule has 0 spiro atoms. The molecule has 2 aliphatic heterocycles. The number of hydrogen-bond acceptors (Lipinski definition) is 4.